The summed E-state index contributed by atoms with van der Waals surface area (Å²) in [6.45, 7) is 2.79. The van der Waals surface area contributed by atoms with Crippen molar-refractivity contribution >= 4 is 22.6 Å². The van der Waals surface area contributed by atoms with Gasteiger partial charge in [-0.3, -0.25) is 4.79 Å². The molecule has 3 rings (SSSR count). The number of aromatic amines is 1. The van der Waals surface area contributed by atoms with E-state index in [9.17, 15) is 4.79 Å². The molecule has 1 aromatic carbocycles. The monoisotopic (exact) mass is 334 g/mol. The van der Waals surface area contributed by atoms with E-state index in [0.717, 1.165) is 34.4 Å². The van der Waals surface area contributed by atoms with Crippen molar-refractivity contribution in [3.8, 4) is 11.1 Å². The van der Waals surface area contributed by atoms with Gasteiger partial charge in [0.15, 0.2) is 0 Å². The molecule has 0 aliphatic heterocycles. The third-order valence-corrected chi connectivity index (χ3v) is 3.94. The maximum absolute atomic E-state index is 12.0. The number of carbonyl (C=O) groups excluding carboxylic acids is 1. The lowest BCUT2D eigenvalue weighted by Crippen LogP contribution is -2.12. The number of likely N-dealkylation sites (N-methyl/N-ethyl adjacent to an activating group) is 1. The van der Waals surface area contributed by atoms with Crippen molar-refractivity contribution < 1.29 is 4.79 Å². The summed E-state index contributed by atoms with van der Waals surface area (Å²) >= 11 is 0. The van der Waals surface area contributed by atoms with E-state index in [0.29, 0.717) is 0 Å². The summed E-state index contributed by atoms with van der Waals surface area (Å²) < 4.78 is 0. The molecule has 2 heterocycles. The summed E-state index contributed by atoms with van der Waals surface area (Å²) in [5.74, 6) is -0.131. The molecule has 2 aromatic heterocycles. The van der Waals surface area contributed by atoms with E-state index in [1.54, 1.807) is 6.08 Å². The Morgan fingerprint density at radius 2 is 2.12 bits per heavy atom. The Bertz CT molecular complexity index is 924. The summed E-state index contributed by atoms with van der Waals surface area (Å²) in [5, 5.41) is 4.01. The van der Waals surface area contributed by atoms with E-state index in [4.69, 9.17) is 0 Å². The Labute approximate surface area is 147 Å². The fourth-order valence-corrected chi connectivity index (χ4v) is 2.62. The van der Waals surface area contributed by atoms with Crippen molar-refractivity contribution in [1.82, 2.24) is 14.9 Å². The van der Waals surface area contributed by atoms with Crippen molar-refractivity contribution in [1.29, 1.82) is 0 Å². The van der Waals surface area contributed by atoms with E-state index in [1.807, 2.05) is 61.7 Å². The molecule has 0 fully saturated rings. The molecule has 0 unspecified atom stereocenters. The second-order valence-corrected chi connectivity index (χ2v) is 6.33. The zero-order valence-electron chi connectivity index (χ0n) is 14.7. The smallest absolute Gasteiger partial charge is 0.248 e. The number of benzene rings is 1. The number of nitrogens with zero attached hydrogens (tertiary/aromatic N) is 2. The van der Waals surface area contributed by atoms with E-state index in [2.05, 4.69) is 28.3 Å². The summed E-state index contributed by atoms with van der Waals surface area (Å²) in [4.78, 5) is 21.6. The molecule has 0 saturated heterocycles. The fourth-order valence-electron chi connectivity index (χ4n) is 2.62. The largest absolute Gasteiger partial charge is 0.346 e. The zero-order valence-corrected chi connectivity index (χ0v) is 14.7. The number of anilines is 1. The lowest BCUT2D eigenvalue weighted by Gasteiger charge is -2.07. The van der Waals surface area contributed by atoms with Gasteiger partial charge in [0.2, 0.25) is 5.91 Å². The molecule has 5 nitrogen and oxygen atoms in total. The first-order valence-corrected chi connectivity index (χ1v) is 8.19. The second kappa shape index (κ2) is 7.32. The second-order valence-electron chi connectivity index (χ2n) is 6.33. The summed E-state index contributed by atoms with van der Waals surface area (Å²) in [5.41, 5.74) is 4.86. The minimum atomic E-state index is -0.131. The van der Waals surface area contributed by atoms with Crippen LogP contribution in [0.2, 0.25) is 0 Å². The number of aromatic nitrogens is 2. The molecular weight excluding hydrogens is 312 g/mol. The molecule has 0 aliphatic rings. The standard InChI is InChI=1S/C20H22N4O/c1-14-12-21-20-18(14)11-16(13-22-20)15-6-4-7-17(10-15)23-19(25)8-5-9-24(2)3/h4-8,10-13H,9H2,1-3H3,(H,21,22)(H,23,25). The van der Waals surface area contributed by atoms with E-state index in [1.165, 1.54) is 5.56 Å². The van der Waals surface area contributed by atoms with Crippen LogP contribution in [-0.2, 0) is 4.79 Å². The molecular formula is C20H22N4O. The van der Waals surface area contributed by atoms with Crippen LogP contribution in [0.15, 0.2) is 54.9 Å². The Balaban J connectivity index is 1.79. The highest BCUT2D eigenvalue weighted by Crippen LogP contribution is 2.26. The van der Waals surface area contributed by atoms with Crippen LogP contribution in [-0.4, -0.2) is 41.4 Å². The average Bonchev–Trinajstić information content (AvgIpc) is 2.95. The van der Waals surface area contributed by atoms with E-state index in [-0.39, 0.29) is 5.91 Å². The van der Waals surface area contributed by atoms with Gasteiger partial charge in [-0.2, -0.15) is 0 Å². The number of pyridine rings is 1. The Kier molecular flexibility index (Phi) is 4.95. The first kappa shape index (κ1) is 16.9. The molecule has 25 heavy (non-hydrogen) atoms. The highest BCUT2D eigenvalue weighted by molar-refractivity contribution is 5.99. The third kappa shape index (κ3) is 4.14. The number of nitrogens with one attached hydrogen (secondary N) is 2. The van der Waals surface area contributed by atoms with Gasteiger partial charge in [-0.15, -0.1) is 0 Å². The van der Waals surface area contributed by atoms with E-state index < -0.39 is 0 Å². The minimum absolute atomic E-state index is 0.131. The molecule has 0 spiro atoms. The van der Waals surface area contributed by atoms with Crippen LogP contribution < -0.4 is 5.32 Å². The SMILES string of the molecule is Cc1c[nH]c2ncc(-c3cccc(NC(=O)C=CCN(C)C)c3)cc12. The van der Waals surface area contributed by atoms with Crippen molar-refractivity contribution in [2.45, 2.75) is 6.92 Å². The first-order valence-electron chi connectivity index (χ1n) is 8.19. The van der Waals surface area contributed by atoms with Crippen molar-refractivity contribution in [2.24, 2.45) is 0 Å². The van der Waals surface area contributed by atoms with Gasteiger partial charge in [-0.05, 0) is 50.3 Å². The first-order chi connectivity index (χ1) is 12.0. The quantitative estimate of drug-likeness (QED) is 0.701. The zero-order chi connectivity index (χ0) is 17.8. The molecule has 128 valence electrons. The molecule has 5 heteroatoms. The number of H-pyrrole nitrogens is 1. The number of amides is 1. The van der Waals surface area contributed by atoms with Gasteiger partial charge in [0.05, 0.1) is 0 Å². The van der Waals surface area contributed by atoms with Gasteiger partial charge in [-0.25, -0.2) is 4.98 Å². The van der Waals surface area contributed by atoms with Crippen LogP contribution in [0.4, 0.5) is 5.69 Å². The van der Waals surface area contributed by atoms with Crippen LogP contribution >= 0.6 is 0 Å². The highest BCUT2D eigenvalue weighted by atomic mass is 16.1. The predicted molar refractivity (Wildman–Crippen MR) is 103 cm³/mol. The van der Waals surface area contributed by atoms with Crippen LogP contribution in [0.5, 0.6) is 0 Å². The summed E-state index contributed by atoms with van der Waals surface area (Å²) in [6, 6.07) is 9.91. The third-order valence-electron chi connectivity index (χ3n) is 3.94. The average molecular weight is 334 g/mol. The molecule has 0 bridgehead atoms. The maximum Gasteiger partial charge on any atom is 0.248 e. The van der Waals surface area contributed by atoms with Gasteiger partial charge in [0, 0.05) is 41.7 Å². The maximum atomic E-state index is 12.0. The normalized spacial score (nSPS) is 11.5. The molecule has 2 N–H and O–H groups in total. The van der Waals surface area contributed by atoms with Gasteiger partial charge < -0.3 is 15.2 Å². The summed E-state index contributed by atoms with van der Waals surface area (Å²) in [7, 11) is 3.92. The van der Waals surface area contributed by atoms with Crippen molar-refractivity contribution in [3.63, 3.8) is 0 Å². The number of rotatable bonds is 5. The molecule has 0 radical (unpaired) electrons. The van der Waals surface area contributed by atoms with Gasteiger partial charge in [0.25, 0.3) is 0 Å². The molecule has 0 atom stereocenters. The number of hydrogen-bond donors (Lipinski definition) is 2. The predicted octanol–water partition coefficient (Wildman–Crippen LogP) is 3.59. The van der Waals surface area contributed by atoms with E-state index >= 15 is 0 Å². The number of carbonyl (C=O) groups is 1. The topological polar surface area (TPSA) is 61.0 Å². The van der Waals surface area contributed by atoms with Crippen LogP contribution in [0.25, 0.3) is 22.2 Å². The van der Waals surface area contributed by atoms with Crippen molar-refractivity contribution in [3.05, 3.63) is 60.4 Å². The van der Waals surface area contributed by atoms with Crippen LogP contribution in [0.3, 0.4) is 0 Å². The Hall–Kier alpha value is -2.92. The van der Waals surface area contributed by atoms with Crippen molar-refractivity contribution in [2.75, 3.05) is 26.0 Å². The fraction of sp³-hybridized carbons (Fsp3) is 0.200. The van der Waals surface area contributed by atoms with Gasteiger partial charge in [-0.1, -0.05) is 18.2 Å². The lowest BCUT2D eigenvalue weighted by atomic mass is 10.1. The van der Waals surface area contributed by atoms with Crippen LogP contribution in [0.1, 0.15) is 5.56 Å². The van der Waals surface area contributed by atoms with Gasteiger partial charge >= 0.3 is 0 Å². The molecule has 1 amide bonds. The number of fused-ring (bicyclic) bond motifs is 1. The molecule has 0 aliphatic carbocycles. The minimum Gasteiger partial charge on any atom is -0.346 e. The summed E-state index contributed by atoms with van der Waals surface area (Å²) in [6.07, 6.45) is 7.20. The molecule has 3 aromatic rings. The van der Waals surface area contributed by atoms with Crippen LogP contribution in [0, 0.1) is 6.92 Å². The van der Waals surface area contributed by atoms with Gasteiger partial charge in [0.1, 0.15) is 5.65 Å². The number of hydrogen-bond acceptors (Lipinski definition) is 3. The molecule has 0 saturated carbocycles. The highest BCUT2D eigenvalue weighted by Gasteiger charge is 2.06. The number of aryl methyl sites for hydroxylation is 1. The lowest BCUT2D eigenvalue weighted by molar-refractivity contribution is -0.111. The Morgan fingerprint density at radius 1 is 1.28 bits per heavy atom. The Morgan fingerprint density at radius 3 is 2.92 bits per heavy atom.